The number of halogens is 4. The zero-order valence-corrected chi connectivity index (χ0v) is 10.1. The number of pyridine rings is 1. The highest BCUT2D eigenvalue weighted by molar-refractivity contribution is 6.29. The second-order valence-corrected chi connectivity index (χ2v) is 4.18. The maximum Gasteiger partial charge on any atom is 0.391 e. The van der Waals surface area contributed by atoms with E-state index < -0.39 is 24.5 Å². The number of carbonyl (C=O) groups excluding carboxylic acids is 1. The molecule has 1 aromatic rings. The first-order valence-electron chi connectivity index (χ1n) is 4.98. The van der Waals surface area contributed by atoms with Crippen LogP contribution >= 0.6 is 11.6 Å². The van der Waals surface area contributed by atoms with E-state index in [0.29, 0.717) is 0 Å². The van der Waals surface area contributed by atoms with E-state index in [9.17, 15) is 18.0 Å². The van der Waals surface area contributed by atoms with E-state index in [1.165, 1.54) is 19.1 Å². The molecule has 0 aliphatic rings. The van der Waals surface area contributed by atoms with Crippen LogP contribution in [0.15, 0.2) is 12.1 Å². The molecular weight excluding hydrogens is 271 g/mol. The minimum absolute atomic E-state index is 0.00336. The Labute approximate surface area is 106 Å². The number of nitrogens with two attached hydrogens (primary N) is 1. The summed E-state index contributed by atoms with van der Waals surface area (Å²) in [6.45, 7) is 1.26. The van der Waals surface area contributed by atoms with Gasteiger partial charge in [-0.2, -0.15) is 13.2 Å². The minimum Gasteiger partial charge on any atom is -0.384 e. The van der Waals surface area contributed by atoms with Gasteiger partial charge in [0.25, 0.3) is 5.91 Å². The van der Waals surface area contributed by atoms with Crippen molar-refractivity contribution in [1.82, 2.24) is 10.3 Å². The largest absolute Gasteiger partial charge is 0.391 e. The molecule has 1 aromatic heterocycles. The second-order valence-electron chi connectivity index (χ2n) is 3.80. The van der Waals surface area contributed by atoms with Gasteiger partial charge in [0, 0.05) is 11.6 Å². The van der Waals surface area contributed by atoms with Crippen molar-refractivity contribution in [3.05, 3.63) is 22.8 Å². The van der Waals surface area contributed by atoms with E-state index in [4.69, 9.17) is 17.3 Å². The number of hydrogen-bond donors (Lipinski definition) is 2. The third kappa shape index (κ3) is 4.79. The molecule has 8 heteroatoms. The van der Waals surface area contributed by atoms with Crippen molar-refractivity contribution in [3.8, 4) is 0 Å². The Bertz CT molecular complexity index is 430. The van der Waals surface area contributed by atoms with Crippen LogP contribution < -0.4 is 11.1 Å². The van der Waals surface area contributed by atoms with Gasteiger partial charge < -0.3 is 11.1 Å². The second kappa shape index (κ2) is 5.43. The van der Waals surface area contributed by atoms with Gasteiger partial charge in [0.15, 0.2) is 0 Å². The van der Waals surface area contributed by atoms with Crippen LogP contribution in [0.5, 0.6) is 0 Å². The minimum atomic E-state index is -4.33. The Morgan fingerprint density at radius 1 is 1.56 bits per heavy atom. The van der Waals surface area contributed by atoms with Crippen molar-refractivity contribution in [2.45, 2.75) is 25.6 Å². The van der Waals surface area contributed by atoms with Crippen LogP contribution in [0, 0.1) is 0 Å². The fraction of sp³-hybridized carbons (Fsp3) is 0.400. The molecule has 3 N–H and O–H groups in total. The molecule has 0 aromatic carbocycles. The number of rotatable bonds is 3. The number of anilines is 1. The van der Waals surface area contributed by atoms with E-state index in [1.54, 1.807) is 0 Å². The summed E-state index contributed by atoms with van der Waals surface area (Å²) < 4.78 is 36.3. The predicted octanol–water partition coefficient (Wildman–Crippen LogP) is 2.39. The van der Waals surface area contributed by atoms with E-state index in [1.807, 2.05) is 0 Å². The van der Waals surface area contributed by atoms with Gasteiger partial charge in [0.2, 0.25) is 0 Å². The average molecular weight is 282 g/mol. The standard InChI is InChI=1S/C10H11ClF3N3O/c1-5(4-10(12,13)14)16-9(18)6-2-7(11)17-8(15)3-6/h2-3,5H,4H2,1H3,(H2,15,17)(H,16,18). The lowest BCUT2D eigenvalue weighted by molar-refractivity contribution is -0.138. The normalized spacial score (nSPS) is 13.2. The fourth-order valence-corrected chi connectivity index (χ4v) is 1.57. The molecule has 0 saturated carbocycles. The summed E-state index contributed by atoms with van der Waals surface area (Å²) in [5.41, 5.74) is 5.45. The molecule has 0 aliphatic carbocycles. The molecular formula is C10H11ClF3N3O. The van der Waals surface area contributed by atoms with Gasteiger partial charge in [0.1, 0.15) is 11.0 Å². The summed E-state index contributed by atoms with van der Waals surface area (Å²) in [6, 6.07) is 1.43. The zero-order chi connectivity index (χ0) is 13.9. The highest BCUT2D eigenvalue weighted by atomic mass is 35.5. The van der Waals surface area contributed by atoms with Gasteiger partial charge in [-0.3, -0.25) is 4.79 Å². The van der Waals surface area contributed by atoms with Crippen LogP contribution in [-0.2, 0) is 0 Å². The molecule has 1 amide bonds. The first kappa shape index (κ1) is 14.6. The van der Waals surface area contributed by atoms with Crippen molar-refractivity contribution >= 4 is 23.3 Å². The topological polar surface area (TPSA) is 68.0 Å². The molecule has 4 nitrogen and oxygen atoms in total. The summed E-state index contributed by atoms with van der Waals surface area (Å²) in [7, 11) is 0. The number of aromatic nitrogens is 1. The SMILES string of the molecule is CC(CC(F)(F)F)NC(=O)c1cc(N)nc(Cl)c1. The Hall–Kier alpha value is -1.50. The van der Waals surface area contributed by atoms with Crippen LogP contribution in [0.2, 0.25) is 5.15 Å². The van der Waals surface area contributed by atoms with Crippen LogP contribution in [0.4, 0.5) is 19.0 Å². The Morgan fingerprint density at radius 3 is 2.67 bits per heavy atom. The van der Waals surface area contributed by atoms with Crippen LogP contribution in [0.25, 0.3) is 0 Å². The summed E-state index contributed by atoms with van der Waals surface area (Å²) in [4.78, 5) is 15.3. The van der Waals surface area contributed by atoms with E-state index in [-0.39, 0.29) is 16.5 Å². The van der Waals surface area contributed by atoms with Crippen molar-refractivity contribution in [3.63, 3.8) is 0 Å². The van der Waals surface area contributed by atoms with E-state index in [2.05, 4.69) is 10.3 Å². The van der Waals surface area contributed by atoms with Crippen molar-refractivity contribution in [1.29, 1.82) is 0 Å². The molecule has 0 saturated heterocycles. The molecule has 1 unspecified atom stereocenters. The summed E-state index contributed by atoms with van der Waals surface area (Å²) >= 11 is 5.59. The molecule has 0 radical (unpaired) electrons. The van der Waals surface area contributed by atoms with Gasteiger partial charge in [-0.15, -0.1) is 0 Å². The number of hydrogen-bond acceptors (Lipinski definition) is 3. The van der Waals surface area contributed by atoms with Crippen LogP contribution in [-0.4, -0.2) is 23.1 Å². The van der Waals surface area contributed by atoms with Gasteiger partial charge in [-0.1, -0.05) is 11.6 Å². The first-order chi connectivity index (χ1) is 8.17. The maximum absolute atomic E-state index is 12.1. The van der Waals surface area contributed by atoms with Gasteiger partial charge in [-0.05, 0) is 19.1 Å². The molecule has 0 fully saturated rings. The third-order valence-electron chi connectivity index (χ3n) is 1.99. The third-order valence-corrected chi connectivity index (χ3v) is 2.18. The molecule has 1 atom stereocenters. The lowest BCUT2D eigenvalue weighted by Gasteiger charge is -2.15. The molecule has 18 heavy (non-hydrogen) atoms. The number of amides is 1. The lowest BCUT2D eigenvalue weighted by atomic mass is 10.2. The Kier molecular flexibility index (Phi) is 4.39. The number of nitrogens with zero attached hydrogens (tertiary/aromatic N) is 1. The molecule has 1 heterocycles. The number of nitrogen functional groups attached to an aromatic ring is 1. The van der Waals surface area contributed by atoms with Crippen molar-refractivity contribution in [2.24, 2.45) is 0 Å². The Morgan fingerprint density at radius 2 is 2.17 bits per heavy atom. The lowest BCUT2D eigenvalue weighted by Crippen LogP contribution is -2.36. The van der Waals surface area contributed by atoms with E-state index >= 15 is 0 Å². The molecule has 0 aliphatic heterocycles. The molecule has 100 valence electrons. The highest BCUT2D eigenvalue weighted by Crippen LogP contribution is 2.21. The quantitative estimate of drug-likeness (QED) is 0.836. The average Bonchev–Trinajstić information content (AvgIpc) is 2.12. The summed E-state index contributed by atoms with van der Waals surface area (Å²) in [6.07, 6.45) is -5.44. The summed E-state index contributed by atoms with van der Waals surface area (Å²) in [5.74, 6) is -0.654. The predicted molar refractivity (Wildman–Crippen MR) is 61.3 cm³/mol. The number of nitrogens with one attached hydrogen (secondary N) is 1. The first-order valence-corrected chi connectivity index (χ1v) is 5.36. The zero-order valence-electron chi connectivity index (χ0n) is 9.38. The van der Waals surface area contributed by atoms with Crippen LogP contribution in [0.3, 0.4) is 0 Å². The van der Waals surface area contributed by atoms with Gasteiger partial charge in [-0.25, -0.2) is 4.98 Å². The monoisotopic (exact) mass is 281 g/mol. The van der Waals surface area contributed by atoms with Crippen molar-refractivity contribution in [2.75, 3.05) is 5.73 Å². The van der Waals surface area contributed by atoms with E-state index in [0.717, 1.165) is 0 Å². The highest BCUT2D eigenvalue weighted by Gasteiger charge is 2.30. The maximum atomic E-state index is 12.1. The summed E-state index contributed by atoms with van der Waals surface area (Å²) in [5, 5.41) is 2.21. The van der Waals surface area contributed by atoms with Gasteiger partial charge in [0.05, 0.1) is 6.42 Å². The van der Waals surface area contributed by atoms with Crippen LogP contribution in [0.1, 0.15) is 23.7 Å². The fourth-order valence-electron chi connectivity index (χ4n) is 1.35. The number of carbonyl (C=O) groups is 1. The smallest absolute Gasteiger partial charge is 0.384 e. The molecule has 0 spiro atoms. The number of alkyl halides is 3. The Balaban J connectivity index is 2.70. The van der Waals surface area contributed by atoms with Gasteiger partial charge >= 0.3 is 6.18 Å². The molecule has 0 bridgehead atoms. The molecule has 1 rings (SSSR count). The van der Waals surface area contributed by atoms with Crippen molar-refractivity contribution < 1.29 is 18.0 Å².